The van der Waals surface area contributed by atoms with Crippen molar-refractivity contribution in [3.05, 3.63) is 57.8 Å². The number of hydrogen-bond donors (Lipinski definition) is 0. The molecule has 4 nitrogen and oxygen atoms in total. The minimum absolute atomic E-state index is 0.00961. The fraction of sp³-hybridized carbons (Fsp3) is 0.400. The summed E-state index contributed by atoms with van der Waals surface area (Å²) < 4.78 is 84.3. The number of allylic oxidation sites excluding steroid dienone is 1. The Balaban J connectivity index is 2.55. The molecule has 0 aromatic heterocycles. The number of carbonyl (C=O) groups is 1. The van der Waals surface area contributed by atoms with Crippen LogP contribution in [0.25, 0.3) is 0 Å². The van der Waals surface area contributed by atoms with Gasteiger partial charge in [0.25, 0.3) is 0 Å². The molecule has 0 radical (unpaired) electrons. The highest BCUT2D eigenvalue weighted by molar-refractivity contribution is 9.12. The molecule has 11 heteroatoms. The van der Waals surface area contributed by atoms with Crippen molar-refractivity contribution in [1.29, 1.82) is 0 Å². The zero-order valence-corrected chi connectivity index (χ0v) is 18.3. The van der Waals surface area contributed by atoms with E-state index in [1.165, 1.54) is 12.4 Å². The van der Waals surface area contributed by atoms with E-state index < -0.39 is 41.5 Å². The van der Waals surface area contributed by atoms with Crippen LogP contribution in [0.3, 0.4) is 0 Å². The Morgan fingerprint density at radius 3 is 2.19 bits per heavy atom. The number of benzene rings is 1. The van der Waals surface area contributed by atoms with Gasteiger partial charge in [-0.2, -0.15) is 31.4 Å². The Labute approximate surface area is 183 Å². The third-order valence-electron chi connectivity index (χ3n) is 4.10. The first kappa shape index (κ1) is 25.0. The molecular weight excluding hydrogens is 494 g/mol. The third-order valence-corrected chi connectivity index (χ3v) is 4.63. The lowest BCUT2D eigenvalue weighted by molar-refractivity contribution is -0.143. The fourth-order valence-corrected chi connectivity index (χ4v) is 3.00. The highest BCUT2D eigenvalue weighted by atomic mass is 79.9. The number of alkyl halides is 6. The standard InChI is InChI=1S/C20H19BrF6N2O2/c1-11(2)31-18(30)16(21)10-29-6-4-5-12(3)17(28-29)13-7-14(19(22,23)24)9-15(8-13)20(25,26)27/h4,6-12H,5H2,1-3H3/b16-10-. The van der Waals surface area contributed by atoms with Crippen LogP contribution in [0.4, 0.5) is 26.3 Å². The van der Waals surface area contributed by atoms with Crippen LogP contribution < -0.4 is 0 Å². The van der Waals surface area contributed by atoms with Crippen molar-refractivity contribution in [2.45, 2.75) is 45.6 Å². The third kappa shape index (κ3) is 6.84. The Bertz CT molecular complexity index is 887. The highest BCUT2D eigenvalue weighted by Gasteiger charge is 2.37. The second kappa shape index (κ2) is 9.46. The smallest absolute Gasteiger partial charge is 0.416 e. The van der Waals surface area contributed by atoms with Gasteiger partial charge in [-0.15, -0.1) is 0 Å². The molecule has 1 heterocycles. The van der Waals surface area contributed by atoms with Gasteiger partial charge in [0.05, 0.1) is 22.9 Å². The second-order valence-corrected chi connectivity index (χ2v) is 7.97. The van der Waals surface area contributed by atoms with Gasteiger partial charge in [0.1, 0.15) is 4.48 Å². The molecule has 0 saturated heterocycles. The van der Waals surface area contributed by atoms with Crippen LogP contribution in [0.5, 0.6) is 0 Å². The van der Waals surface area contributed by atoms with E-state index in [4.69, 9.17) is 4.74 Å². The molecule has 0 aliphatic carbocycles. The van der Waals surface area contributed by atoms with Crippen molar-refractivity contribution in [1.82, 2.24) is 5.01 Å². The molecule has 1 aliphatic heterocycles. The predicted octanol–water partition coefficient (Wildman–Crippen LogP) is 6.47. The minimum Gasteiger partial charge on any atom is -0.459 e. The normalized spacial score (nSPS) is 18.2. The second-order valence-electron chi connectivity index (χ2n) is 7.11. The maximum Gasteiger partial charge on any atom is 0.416 e. The largest absolute Gasteiger partial charge is 0.459 e. The van der Waals surface area contributed by atoms with E-state index in [-0.39, 0.29) is 21.8 Å². The summed E-state index contributed by atoms with van der Waals surface area (Å²) in [5, 5.41) is 5.33. The van der Waals surface area contributed by atoms with E-state index in [1.807, 2.05) is 0 Å². The molecule has 2 rings (SSSR count). The number of ether oxygens (including phenoxy) is 1. The van der Waals surface area contributed by atoms with Crippen LogP contribution in [0.15, 0.2) is 46.3 Å². The molecule has 0 spiro atoms. The number of carbonyl (C=O) groups excluding carboxylic acids is 1. The van der Waals surface area contributed by atoms with Crippen molar-refractivity contribution >= 4 is 27.6 Å². The Morgan fingerprint density at radius 1 is 1.16 bits per heavy atom. The topological polar surface area (TPSA) is 41.9 Å². The van der Waals surface area contributed by atoms with Crippen LogP contribution in [-0.4, -0.2) is 22.8 Å². The number of esters is 1. The summed E-state index contributed by atoms with van der Waals surface area (Å²) in [5.41, 5.74) is -3.14. The first-order valence-electron chi connectivity index (χ1n) is 9.10. The van der Waals surface area contributed by atoms with Gasteiger partial charge in [0, 0.05) is 18.3 Å². The van der Waals surface area contributed by atoms with Gasteiger partial charge in [-0.25, -0.2) is 9.80 Å². The number of hydrogen-bond acceptors (Lipinski definition) is 4. The quantitative estimate of drug-likeness (QED) is 0.263. The summed E-state index contributed by atoms with van der Waals surface area (Å²) in [4.78, 5) is 12.0. The van der Waals surface area contributed by atoms with Crippen molar-refractivity contribution in [2.24, 2.45) is 11.0 Å². The molecule has 1 aliphatic rings. The van der Waals surface area contributed by atoms with Crippen LogP contribution >= 0.6 is 15.9 Å². The van der Waals surface area contributed by atoms with Gasteiger partial charge in [-0.1, -0.05) is 13.0 Å². The summed E-state index contributed by atoms with van der Waals surface area (Å²) in [6, 6.07) is 1.35. The number of hydrazone groups is 1. The lowest BCUT2D eigenvalue weighted by Crippen LogP contribution is -2.19. The highest BCUT2D eigenvalue weighted by Crippen LogP contribution is 2.37. The Morgan fingerprint density at radius 2 is 1.71 bits per heavy atom. The lowest BCUT2D eigenvalue weighted by atomic mass is 9.93. The molecular formula is C20H19BrF6N2O2. The summed E-state index contributed by atoms with van der Waals surface area (Å²) >= 11 is 3.04. The van der Waals surface area contributed by atoms with Gasteiger partial charge >= 0.3 is 18.3 Å². The maximum absolute atomic E-state index is 13.2. The maximum atomic E-state index is 13.2. The van der Waals surface area contributed by atoms with E-state index in [0.717, 1.165) is 5.01 Å². The fourth-order valence-electron chi connectivity index (χ4n) is 2.70. The van der Waals surface area contributed by atoms with E-state index >= 15 is 0 Å². The molecule has 1 atom stereocenters. The molecule has 0 saturated carbocycles. The first-order valence-corrected chi connectivity index (χ1v) is 9.89. The predicted molar refractivity (Wildman–Crippen MR) is 106 cm³/mol. The molecule has 31 heavy (non-hydrogen) atoms. The minimum atomic E-state index is -4.97. The number of nitrogens with zero attached hydrogens (tertiary/aromatic N) is 2. The average Bonchev–Trinajstić information content (AvgIpc) is 2.80. The Kier molecular flexibility index (Phi) is 7.61. The molecule has 170 valence electrons. The van der Waals surface area contributed by atoms with Gasteiger partial charge in [0.15, 0.2) is 0 Å². The summed E-state index contributed by atoms with van der Waals surface area (Å²) in [6.07, 6.45) is -5.70. The summed E-state index contributed by atoms with van der Waals surface area (Å²) in [6.45, 7) is 4.92. The molecule has 0 amide bonds. The van der Waals surface area contributed by atoms with E-state index in [0.29, 0.717) is 18.6 Å². The summed E-state index contributed by atoms with van der Waals surface area (Å²) in [7, 11) is 0. The van der Waals surface area contributed by atoms with E-state index in [1.54, 1.807) is 26.8 Å². The first-order chi connectivity index (χ1) is 14.2. The molecule has 0 N–H and O–H groups in total. The van der Waals surface area contributed by atoms with Crippen molar-refractivity contribution in [3.8, 4) is 0 Å². The lowest BCUT2D eigenvalue weighted by Gasteiger charge is -2.18. The SMILES string of the molecule is CC(C)OC(=O)/C(Br)=C/N1C=CCC(C)C(c2cc(C(F)(F)F)cc(C(F)(F)F)c2)=N1. The average molecular weight is 513 g/mol. The summed E-state index contributed by atoms with van der Waals surface area (Å²) in [5.74, 6) is -1.18. The van der Waals surface area contributed by atoms with Gasteiger partial charge in [0.2, 0.25) is 0 Å². The van der Waals surface area contributed by atoms with Crippen molar-refractivity contribution in [3.63, 3.8) is 0 Å². The van der Waals surface area contributed by atoms with Gasteiger partial charge < -0.3 is 4.74 Å². The van der Waals surface area contributed by atoms with Crippen LogP contribution in [0, 0.1) is 5.92 Å². The molecule has 1 aromatic rings. The molecule has 1 unspecified atom stereocenters. The molecule has 0 bridgehead atoms. The van der Waals surface area contributed by atoms with Gasteiger partial charge in [-0.3, -0.25) is 0 Å². The zero-order valence-electron chi connectivity index (χ0n) is 16.7. The van der Waals surface area contributed by atoms with E-state index in [2.05, 4.69) is 21.0 Å². The Hall–Kier alpha value is -2.30. The van der Waals surface area contributed by atoms with Gasteiger partial charge in [-0.05, 0) is 60.0 Å². The number of rotatable bonds is 4. The monoisotopic (exact) mass is 512 g/mol. The zero-order chi connectivity index (χ0) is 23.6. The van der Waals surface area contributed by atoms with Crippen molar-refractivity contribution < 1.29 is 35.9 Å². The van der Waals surface area contributed by atoms with E-state index in [9.17, 15) is 31.1 Å². The van der Waals surface area contributed by atoms with Crippen LogP contribution in [0.2, 0.25) is 0 Å². The molecule has 1 aromatic carbocycles. The molecule has 0 fully saturated rings. The van der Waals surface area contributed by atoms with Crippen molar-refractivity contribution in [2.75, 3.05) is 0 Å². The van der Waals surface area contributed by atoms with Crippen LogP contribution in [0.1, 0.15) is 43.9 Å². The van der Waals surface area contributed by atoms with Crippen LogP contribution in [-0.2, 0) is 21.9 Å². The number of halogens is 7.